The number of carbonyl (C=O) groups is 1. The van der Waals surface area contributed by atoms with Gasteiger partial charge in [-0.2, -0.15) is 0 Å². The van der Waals surface area contributed by atoms with Crippen LogP contribution in [0.5, 0.6) is 0 Å². The number of hydrogen-bond donors (Lipinski definition) is 1. The van der Waals surface area contributed by atoms with Crippen molar-refractivity contribution < 1.29 is 14.3 Å². The summed E-state index contributed by atoms with van der Waals surface area (Å²) in [7, 11) is 3.13. The first-order chi connectivity index (χ1) is 9.65. The molecule has 1 aromatic carbocycles. The van der Waals surface area contributed by atoms with Gasteiger partial charge < -0.3 is 14.8 Å². The normalized spacial score (nSPS) is 22.6. The monoisotopic (exact) mass is 278 g/mol. The van der Waals surface area contributed by atoms with Gasteiger partial charge in [0, 0.05) is 27.3 Å². The molecule has 2 rings (SSSR count). The highest BCUT2D eigenvalue weighted by molar-refractivity contribution is 5.84. The fourth-order valence-corrected chi connectivity index (χ4v) is 2.31. The minimum absolute atomic E-state index is 0.0348. The Morgan fingerprint density at radius 3 is 2.60 bits per heavy atom. The van der Waals surface area contributed by atoms with Crippen LogP contribution in [-0.2, 0) is 20.8 Å². The molecule has 0 aromatic heterocycles. The fourth-order valence-electron chi connectivity index (χ4n) is 2.31. The van der Waals surface area contributed by atoms with E-state index in [0.29, 0.717) is 0 Å². The summed E-state index contributed by atoms with van der Waals surface area (Å²) in [4.78, 5) is 14.2. The lowest BCUT2D eigenvalue weighted by molar-refractivity contribution is -0.136. The van der Waals surface area contributed by atoms with Gasteiger partial charge in [-0.3, -0.25) is 9.69 Å². The third-order valence-electron chi connectivity index (χ3n) is 3.49. The number of carbonyl (C=O) groups excluding carboxylic acids is 1. The predicted octanol–water partition coefficient (Wildman–Crippen LogP) is 0.994. The summed E-state index contributed by atoms with van der Waals surface area (Å²) >= 11 is 0. The Balaban J connectivity index is 1.78. The summed E-state index contributed by atoms with van der Waals surface area (Å²) in [6.07, 6.45) is -0.416. The summed E-state index contributed by atoms with van der Waals surface area (Å²) in [6.45, 7) is 3.49. The highest BCUT2D eigenvalue weighted by atomic mass is 16.7. The Kier molecular flexibility index (Phi) is 5.11. The Morgan fingerprint density at radius 2 is 2.00 bits per heavy atom. The standard InChI is InChI=1S/C15H22N2O3/c1-11(15(19-2)20-3)16-14(18)13-10-17(13)9-12-7-5-4-6-8-12/h4-8,11,13,15H,9-10H2,1-3H3,(H,16,18). The number of benzene rings is 1. The first-order valence-corrected chi connectivity index (χ1v) is 6.79. The maximum atomic E-state index is 12.1. The predicted molar refractivity (Wildman–Crippen MR) is 76.1 cm³/mol. The molecule has 0 bridgehead atoms. The van der Waals surface area contributed by atoms with Crippen molar-refractivity contribution in [2.75, 3.05) is 20.8 Å². The van der Waals surface area contributed by atoms with Crippen molar-refractivity contribution in [3.8, 4) is 0 Å². The molecule has 110 valence electrons. The Labute approximate surface area is 119 Å². The van der Waals surface area contributed by atoms with E-state index in [1.165, 1.54) is 5.56 Å². The molecule has 1 aliphatic heterocycles. The largest absolute Gasteiger partial charge is 0.354 e. The Morgan fingerprint density at radius 1 is 1.35 bits per heavy atom. The molecule has 1 heterocycles. The van der Waals surface area contributed by atoms with Gasteiger partial charge in [0.15, 0.2) is 6.29 Å². The molecule has 0 aliphatic carbocycles. The van der Waals surface area contributed by atoms with E-state index in [0.717, 1.165) is 13.1 Å². The minimum atomic E-state index is -0.416. The van der Waals surface area contributed by atoms with Crippen molar-refractivity contribution in [1.82, 2.24) is 10.2 Å². The summed E-state index contributed by atoms with van der Waals surface area (Å²) < 4.78 is 10.3. The van der Waals surface area contributed by atoms with E-state index in [1.54, 1.807) is 14.2 Å². The first kappa shape index (κ1) is 15.0. The van der Waals surface area contributed by atoms with Gasteiger partial charge in [0.25, 0.3) is 0 Å². The molecule has 0 radical (unpaired) electrons. The number of methoxy groups -OCH3 is 2. The quantitative estimate of drug-likeness (QED) is 0.597. The van der Waals surface area contributed by atoms with Crippen LogP contribution in [0.25, 0.3) is 0 Å². The molecule has 5 heteroatoms. The molecule has 1 aromatic rings. The number of ether oxygens (including phenoxy) is 2. The van der Waals surface area contributed by atoms with E-state index < -0.39 is 6.29 Å². The molecule has 1 fully saturated rings. The van der Waals surface area contributed by atoms with Crippen LogP contribution in [0.1, 0.15) is 12.5 Å². The van der Waals surface area contributed by atoms with Crippen molar-refractivity contribution in [2.45, 2.75) is 31.8 Å². The van der Waals surface area contributed by atoms with Crippen LogP contribution < -0.4 is 5.32 Å². The van der Waals surface area contributed by atoms with E-state index >= 15 is 0 Å². The fraction of sp³-hybridized carbons (Fsp3) is 0.533. The van der Waals surface area contributed by atoms with E-state index in [1.807, 2.05) is 25.1 Å². The van der Waals surface area contributed by atoms with Gasteiger partial charge in [0.1, 0.15) is 6.04 Å². The summed E-state index contributed by atoms with van der Waals surface area (Å²) in [5.41, 5.74) is 1.22. The molecule has 1 N–H and O–H groups in total. The number of rotatable bonds is 7. The van der Waals surface area contributed by atoms with Crippen LogP contribution in [0.4, 0.5) is 0 Å². The van der Waals surface area contributed by atoms with Crippen LogP contribution in [0.3, 0.4) is 0 Å². The molecule has 3 atom stereocenters. The van der Waals surface area contributed by atoms with Gasteiger partial charge in [0.2, 0.25) is 5.91 Å². The topological polar surface area (TPSA) is 50.6 Å². The molecule has 5 nitrogen and oxygen atoms in total. The van der Waals surface area contributed by atoms with Crippen LogP contribution in [-0.4, -0.2) is 49.9 Å². The average molecular weight is 278 g/mol. The molecule has 1 aliphatic rings. The van der Waals surface area contributed by atoms with Gasteiger partial charge in [-0.25, -0.2) is 0 Å². The van der Waals surface area contributed by atoms with E-state index in [-0.39, 0.29) is 18.0 Å². The summed E-state index contributed by atoms with van der Waals surface area (Å²) in [5.74, 6) is 0.0348. The molecule has 3 unspecified atom stereocenters. The SMILES string of the molecule is COC(OC)C(C)NC(=O)C1CN1Cc1ccccc1. The summed E-state index contributed by atoms with van der Waals surface area (Å²) in [5, 5.41) is 2.93. The Hall–Kier alpha value is -1.43. The number of nitrogens with zero attached hydrogens (tertiary/aromatic N) is 1. The maximum Gasteiger partial charge on any atom is 0.239 e. The van der Waals surface area contributed by atoms with Gasteiger partial charge in [-0.1, -0.05) is 30.3 Å². The second kappa shape index (κ2) is 6.83. The maximum absolute atomic E-state index is 12.1. The van der Waals surface area contributed by atoms with Crippen molar-refractivity contribution >= 4 is 5.91 Å². The number of amides is 1. The first-order valence-electron chi connectivity index (χ1n) is 6.79. The second-order valence-corrected chi connectivity index (χ2v) is 5.07. The lowest BCUT2D eigenvalue weighted by atomic mass is 10.2. The zero-order valence-corrected chi connectivity index (χ0v) is 12.2. The van der Waals surface area contributed by atoms with Crippen LogP contribution >= 0.6 is 0 Å². The number of nitrogens with one attached hydrogen (secondary N) is 1. The van der Waals surface area contributed by atoms with Gasteiger partial charge >= 0.3 is 0 Å². The zero-order chi connectivity index (χ0) is 14.5. The van der Waals surface area contributed by atoms with Crippen LogP contribution in [0, 0.1) is 0 Å². The lowest BCUT2D eigenvalue weighted by Crippen LogP contribution is -2.45. The second-order valence-electron chi connectivity index (χ2n) is 5.07. The van der Waals surface area contributed by atoms with Gasteiger partial charge in [0.05, 0.1) is 6.04 Å². The van der Waals surface area contributed by atoms with E-state index in [2.05, 4.69) is 22.3 Å². The summed E-state index contributed by atoms with van der Waals surface area (Å²) in [6, 6.07) is 9.95. The number of hydrogen-bond acceptors (Lipinski definition) is 4. The average Bonchev–Trinajstić information content (AvgIpc) is 3.20. The Bertz CT molecular complexity index is 434. The third kappa shape index (κ3) is 3.79. The van der Waals surface area contributed by atoms with Gasteiger partial charge in [-0.15, -0.1) is 0 Å². The van der Waals surface area contributed by atoms with Crippen LogP contribution in [0.15, 0.2) is 30.3 Å². The molecule has 0 saturated carbocycles. The highest BCUT2D eigenvalue weighted by Crippen LogP contribution is 2.21. The van der Waals surface area contributed by atoms with E-state index in [4.69, 9.17) is 9.47 Å². The van der Waals surface area contributed by atoms with Crippen molar-refractivity contribution in [3.63, 3.8) is 0 Å². The third-order valence-corrected chi connectivity index (χ3v) is 3.49. The highest BCUT2D eigenvalue weighted by Gasteiger charge is 2.40. The molecular formula is C15H22N2O3. The lowest BCUT2D eigenvalue weighted by Gasteiger charge is -2.22. The molecule has 1 saturated heterocycles. The van der Waals surface area contributed by atoms with Crippen molar-refractivity contribution in [3.05, 3.63) is 35.9 Å². The molecule has 20 heavy (non-hydrogen) atoms. The van der Waals surface area contributed by atoms with Crippen molar-refractivity contribution in [1.29, 1.82) is 0 Å². The minimum Gasteiger partial charge on any atom is -0.354 e. The zero-order valence-electron chi connectivity index (χ0n) is 12.2. The van der Waals surface area contributed by atoms with Crippen LogP contribution in [0.2, 0.25) is 0 Å². The van der Waals surface area contributed by atoms with E-state index in [9.17, 15) is 4.79 Å². The molecular weight excluding hydrogens is 256 g/mol. The van der Waals surface area contributed by atoms with Gasteiger partial charge in [-0.05, 0) is 12.5 Å². The molecule has 0 spiro atoms. The molecule has 1 amide bonds. The smallest absolute Gasteiger partial charge is 0.239 e. The van der Waals surface area contributed by atoms with Crippen molar-refractivity contribution in [2.24, 2.45) is 0 Å².